The molecular weight excluding hydrogens is 792 g/mol. The Morgan fingerprint density at radius 3 is 0.370 bits per heavy atom. The van der Waals surface area contributed by atoms with Crippen molar-refractivity contribution in [3.05, 3.63) is 0 Å². The first-order valence-electron chi connectivity index (χ1n) is 3.68. The Balaban J connectivity index is -0.0000000364. The van der Waals surface area contributed by atoms with E-state index in [1.165, 1.54) is 0 Å². The first kappa shape index (κ1) is 46.4. The summed E-state index contributed by atoms with van der Waals surface area (Å²) in [7, 11) is -22.1. The maximum atomic E-state index is 8.85. The topological polar surface area (TPSA) is 416 Å². The van der Waals surface area contributed by atoms with E-state index >= 15 is 0 Å². The molecule has 0 rings (SSSR count). The second kappa shape index (κ2) is 19.1. The van der Waals surface area contributed by atoms with Crippen LogP contribution in [0, 0.1) is 0 Å². The van der Waals surface area contributed by atoms with Crippen molar-refractivity contribution in [2.45, 2.75) is 0 Å². The van der Waals surface area contributed by atoms with Crippen molar-refractivity contribution in [1.82, 2.24) is 0 Å². The molecule has 2 radical (unpaired) electrons. The molecular formula is H10InN5O15PbS5. The molecule has 0 saturated heterocycles. The van der Waals surface area contributed by atoms with Crippen LogP contribution in [0.3, 0.4) is 0 Å². The molecule has 0 aromatic carbocycles. The quantitative estimate of drug-likeness (QED) is 0.112. The molecule has 0 amide bonds. The van der Waals surface area contributed by atoms with E-state index in [1.54, 1.807) is 0 Å². The summed E-state index contributed by atoms with van der Waals surface area (Å²) in [6, 6.07) is 0. The van der Waals surface area contributed by atoms with Crippen LogP contribution in [0.15, 0.2) is 0 Å². The van der Waals surface area contributed by atoms with Crippen molar-refractivity contribution in [3.63, 3.8) is 0 Å². The monoisotopic (exact) mass is 803 g/mol. The molecule has 0 saturated carbocycles. The Kier molecular flexibility index (Phi) is 32.9. The third kappa shape index (κ3) is 13200. The second-order valence-corrected chi connectivity index (χ2v) is 7.39. The fourth-order valence-electron chi connectivity index (χ4n) is 0. The Morgan fingerprint density at radius 1 is 0.370 bits per heavy atom. The summed E-state index contributed by atoms with van der Waals surface area (Å²) in [5.74, 6) is 0. The van der Waals surface area contributed by atoms with E-state index in [0.29, 0.717) is 0 Å². The smallest absolute Gasteiger partial charge is 0.736 e. The zero-order valence-corrected chi connectivity index (χ0v) is 23.4. The van der Waals surface area contributed by atoms with Gasteiger partial charge in [0.05, 0.1) is 0 Å². The summed E-state index contributed by atoms with van der Waals surface area (Å²) >= 11 is 0. The van der Waals surface area contributed by atoms with Gasteiger partial charge in [-0.05, 0) is 0 Å². The van der Waals surface area contributed by atoms with Crippen molar-refractivity contribution >= 4 is 105 Å². The third-order valence-corrected chi connectivity index (χ3v) is 0. The summed E-state index contributed by atoms with van der Waals surface area (Å²) < 4.78 is 133. The summed E-state index contributed by atoms with van der Waals surface area (Å²) in [5, 5.41) is 18.9. The molecule has 27 heteroatoms. The molecule has 0 aromatic heterocycles. The van der Waals surface area contributed by atoms with E-state index in [-0.39, 0.29) is 53.1 Å². The Morgan fingerprint density at radius 2 is 0.370 bits per heavy atom. The Bertz CT molecular complexity index is 637. The predicted molar refractivity (Wildman–Crippen MR) is 80.9 cm³/mol. The van der Waals surface area contributed by atoms with Crippen LogP contribution in [0.2, 0.25) is 0 Å². The standard InChI is InChI=1S/In.5H3NO3S.Pb/c;5*1-5(2,3)4;/h;5*(H3,1,2,3,4);/q+3;;;;;;+2/p-5. The van der Waals surface area contributed by atoms with Gasteiger partial charge < -0.3 is 22.8 Å². The van der Waals surface area contributed by atoms with E-state index in [2.05, 4.69) is 25.7 Å². The van der Waals surface area contributed by atoms with Crippen LogP contribution >= 0.6 is 0 Å². The van der Waals surface area contributed by atoms with Gasteiger partial charge in [-0.2, -0.15) is 0 Å². The minimum absolute atomic E-state index is 0. The van der Waals surface area contributed by atoms with Gasteiger partial charge in [-0.25, -0.2) is 67.8 Å². The average Bonchev–Trinajstić information content (AvgIpc) is 1.79. The van der Waals surface area contributed by atoms with Gasteiger partial charge in [-0.15, -0.1) is 0 Å². The molecule has 0 aliphatic rings. The maximum absolute atomic E-state index is 8.85. The average molecular weight is 802 g/mol. The van der Waals surface area contributed by atoms with Crippen LogP contribution in [0.4, 0.5) is 0 Å². The number of rotatable bonds is 0. The Hall–Kier alpha value is 1.14. The van der Waals surface area contributed by atoms with Gasteiger partial charge in [0, 0.05) is 0 Å². The minimum Gasteiger partial charge on any atom is -0.736 e. The summed E-state index contributed by atoms with van der Waals surface area (Å²) in [4.78, 5) is 0. The molecule has 0 bridgehead atoms. The molecule has 0 aromatic rings. The van der Waals surface area contributed by atoms with Gasteiger partial charge in [0.15, 0.2) is 51.5 Å². The van der Waals surface area contributed by atoms with E-state index in [4.69, 9.17) is 64.9 Å². The molecule has 0 heterocycles. The molecule has 20 nitrogen and oxygen atoms in total. The number of nitrogens with two attached hydrogens (primary N) is 5. The van der Waals surface area contributed by atoms with E-state index in [9.17, 15) is 0 Å². The summed E-state index contributed by atoms with van der Waals surface area (Å²) in [6.07, 6.45) is 0. The van der Waals surface area contributed by atoms with Crippen molar-refractivity contribution in [3.8, 4) is 0 Å². The van der Waals surface area contributed by atoms with Crippen LogP contribution in [0.5, 0.6) is 0 Å². The van der Waals surface area contributed by atoms with E-state index in [1.807, 2.05) is 0 Å². The van der Waals surface area contributed by atoms with Crippen LogP contribution in [0.1, 0.15) is 0 Å². The van der Waals surface area contributed by atoms with Crippen LogP contribution < -0.4 is 25.7 Å². The van der Waals surface area contributed by atoms with Crippen LogP contribution in [0.25, 0.3) is 0 Å². The van der Waals surface area contributed by atoms with E-state index < -0.39 is 51.5 Å². The Labute approximate surface area is 193 Å². The summed E-state index contributed by atoms with van der Waals surface area (Å²) in [5.41, 5.74) is 0. The van der Waals surface area contributed by atoms with Gasteiger partial charge in [-0.1, -0.05) is 0 Å². The van der Waals surface area contributed by atoms with Crippen LogP contribution in [-0.4, -0.2) is 118 Å². The van der Waals surface area contributed by atoms with Crippen molar-refractivity contribution in [1.29, 1.82) is 0 Å². The normalized spacial score (nSPS) is 10.7. The molecule has 162 valence electrons. The molecule has 0 unspecified atom stereocenters. The SMILES string of the molecule is NS(=O)(=O)[O-].NS(=O)(=O)[O-].NS(=O)(=O)[O-].NS(=O)(=O)[O-].NS(=O)(=O)[O-].[In+3].[Pb+2]. The third-order valence-electron chi connectivity index (χ3n) is 0. The fourth-order valence-corrected chi connectivity index (χ4v) is 0. The molecule has 27 heavy (non-hydrogen) atoms. The van der Waals surface area contributed by atoms with Crippen LogP contribution in [-0.2, 0) is 51.5 Å². The first-order valence-corrected chi connectivity index (χ1v) is 11.0. The second-order valence-electron chi connectivity index (χ2n) is 2.46. The zero-order valence-electron chi connectivity index (χ0n) is 12.1. The minimum atomic E-state index is -4.42. The van der Waals surface area contributed by atoms with Crippen molar-refractivity contribution < 1.29 is 64.9 Å². The molecule has 0 aliphatic carbocycles. The molecule has 10 N–H and O–H groups in total. The molecule has 0 spiro atoms. The largest absolute Gasteiger partial charge is 3.00 e. The molecule has 0 atom stereocenters. The molecule has 0 aliphatic heterocycles. The van der Waals surface area contributed by atoms with Gasteiger partial charge in [0.2, 0.25) is 0 Å². The van der Waals surface area contributed by atoms with Gasteiger partial charge in [0.1, 0.15) is 0 Å². The van der Waals surface area contributed by atoms with Crippen molar-refractivity contribution in [2.75, 3.05) is 0 Å². The fraction of sp³-hybridized carbons (Fsp3) is 0. The zero-order chi connectivity index (χ0) is 22.5. The number of hydrogen-bond donors (Lipinski definition) is 5. The van der Waals surface area contributed by atoms with Crippen molar-refractivity contribution in [2.24, 2.45) is 25.7 Å². The van der Waals surface area contributed by atoms with Gasteiger partial charge in [-0.3, -0.25) is 0 Å². The first-order chi connectivity index (χ1) is 10.0. The predicted octanol–water partition coefficient (Wildman–Crippen LogP) is -8.74. The van der Waals surface area contributed by atoms with Gasteiger partial charge in [0.25, 0.3) is 0 Å². The maximum Gasteiger partial charge on any atom is 3.00 e. The summed E-state index contributed by atoms with van der Waals surface area (Å²) in [6.45, 7) is 0. The van der Waals surface area contributed by atoms with E-state index in [0.717, 1.165) is 0 Å². The van der Waals surface area contributed by atoms with Gasteiger partial charge >= 0.3 is 53.1 Å². The molecule has 0 fully saturated rings. The number of hydrogen-bond acceptors (Lipinski definition) is 15.